The highest BCUT2D eigenvalue weighted by atomic mass is 79.9. The monoisotopic (exact) mass is 343 g/mol. The van der Waals surface area contributed by atoms with Crippen molar-refractivity contribution in [1.29, 1.82) is 0 Å². The van der Waals surface area contributed by atoms with E-state index in [1.807, 2.05) is 24.3 Å². The van der Waals surface area contributed by atoms with Gasteiger partial charge in [-0.15, -0.1) is 0 Å². The first-order chi connectivity index (χ1) is 10.2. The van der Waals surface area contributed by atoms with Gasteiger partial charge in [0.15, 0.2) is 5.78 Å². The van der Waals surface area contributed by atoms with Crippen molar-refractivity contribution < 1.29 is 4.79 Å². The molecule has 1 heterocycles. The quantitative estimate of drug-likeness (QED) is 0.779. The van der Waals surface area contributed by atoms with Crippen molar-refractivity contribution in [3.05, 3.63) is 69.7 Å². The number of Topliss-reactive ketones (excluding diaryl/α,β-unsaturated/α-hetero) is 1. The average molecular weight is 344 g/mol. The molecule has 2 aromatic rings. The summed E-state index contributed by atoms with van der Waals surface area (Å²) in [4.78, 5) is 14.7. The van der Waals surface area contributed by atoms with E-state index in [2.05, 4.69) is 45.1 Å². The Bertz CT molecular complexity index is 653. The largest absolute Gasteiger partial charge is 0.298 e. The van der Waals surface area contributed by atoms with Crippen LogP contribution in [0.1, 0.15) is 27.9 Å². The van der Waals surface area contributed by atoms with Gasteiger partial charge in [0.1, 0.15) is 0 Å². The summed E-state index contributed by atoms with van der Waals surface area (Å²) < 4.78 is 0.888. The van der Waals surface area contributed by atoms with E-state index in [4.69, 9.17) is 0 Å². The number of halogens is 1. The van der Waals surface area contributed by atoms with Gasteiger partial charge in [-0.2, -0.15) is 0 Å². The van der Waals surface area contributed by atoms with E-state index in [-0.39, 0.29) is 5.78 Å². The van der Waals surface area contributed by atoms with Crippen LogP contribution in [0.5, 0.6) is 0 Å². The topological polar surface area (TPSA) is 20.3 Å². The van der Waals surface area contributed by atoms with Crippen LogP contribution in [0.2, 0.25) is 0 Å². The molecule has 2 aromatic carbocycles. The number of nitrogens with zero attached hydrogens (tertiary/aromatic N) is 1. The van der Waals surface area contributed by atoms with E-state index >= 15 is 0 Å². The summed E-state index contributed by atoms with van der Waals surface area (Å²) in [6, 6.07) is 16.2. The number of benzene rings is 2. The molecule has 3 rings (SSSR count). The summed E-state index contributed by atoms with van der Waals surface area (Å²) in [6.07, 6.45) is 1.66. The molecule has 0 radical (unpaired) electrons. The van der Waals surface area contributed by atoms with Gasteiger partial charge in [-0.1, -0.05) is 58.4 Å². The lowest BCUT2D eigenvalue weighted by atomic mass is 9.99. The number of hydrogen-bond donors (Lipinski definition) is 0. The summed E-state index contributed by atoms with van der Waals surface area (Å²) in [6.45, 7) is 2.83. The molecule has 1 aliphatic rings. The maximum absolute atomic E-state index is 12.3. The van der Waals surface area contributed by atoms with Gasteiger partial charge >= 0.3 is 0 Å². The minimum Gasteiger partial charge on any atom is -0.298 e. The lowest BCUT2D eigenvalue weighted by Crippen LogP contribution is -2.32. The number of ketones is 1. The molecule has 0 saturated heterocycles. The minimum atomic E-state index is 0.210. The summed E-state index contributed by atoms with van der Waals surface area (Å²) in [5.74, 6) is 0.210. The Morgan fingerprint density at radius 1 is 1.05 bits per heavy atom. The molecule has 0 atom stereocenters. The van der Waals surface area contributed by atoms with Crippen LogP contribution in [0.15, 0.2) is 53.0 Å². The zero-order valence-corrected chi connectivity index (χ0v) is 13.5. The molecule has 0 amide bonds. The van der Waals surface area contributed by atoms with Gasteiger partial charge in [-0.05, 0) is 23.6 Å². The van der Waals surface area contributed by atoms with E-state index in [1.165, 1.54) is 11.1 Å². The number of rotatable bonds is 4. The lowest BCUT2D eigenvalue weighted by molar-refractivity contribution is 0.0960. The zero-order valence-electron chi connectivity index (χ0n) is 11.9. The van der Waals surface area contributed by atoms with Crippen LogP contribution in [0.4, 0.5) is 0 Å². The second kappa shape index (κ2) is 6.54. The van der Waals surface area contributed by atoms with Crippen LogP contribution < -0.4 is 0 Å². The number of carbonyl (C=O) groups is 1. The highest BCUT2D eigenvalue weighted by Gasteiger charge is 2.17. The van der Waals surface area contributed by atoms with Crippen LogP contribution in [0.3, 0.4) is 0 Å². The second-order valence-corrected chi connectivity index (χ2v) is 6.30. The maximum atomic E-state index is 12.3. The molecule has 0 fully saturated rings. The predicted octanol–water partition coefficient (Wildman–Crippen LogP) is 4.08. The first kappa shape index (κ1) is 14.5. The minimum absolute atomic E-state index is 0.210. The van der Waals surface area contributed by atoms with Crippen molar-refractivity contribution >= 4 is 21.7 Å². The Balaban J connectivity index is 1.59. The summed E-state index contributed by atoms with van der Waals surface area (Å²) in [5, 5.41) is 0. The van der Waals surface area contributed by atoms with Crippen LogP contribution in [0.25, 0.3) is 0 Å². The Hall–Kier alpha value is -1.45. The van der Waals surface area contributed by atoms with Gasteiger partial charge in [0.05, 0.1) is 0 Å². The molecule has 2 nitrogen and oxygen atoms in total. The zero-order chi connectivity index (χ0) is 14.7. The molecule has 0 spiro atoms. The summed E-state index contributed by atoms with van der Waals surface area (Å²) in [5.41, 5.74) is 3.64. The molecule has 0 unspecified atom stereocenters. The second-order valence-electron chi connectivity index (χ2n) is 5.45. The standard InChI is InChI=1S/C18H18BrNO/c19-17-8-4-3-7-16(17)18(21)10-12-20-11-9-14-5-1-2-6-15(14)13-20/h1-8H,9-13H2. The predicted molar refractivity (Wildman–Crippen MR) is 88.5 cm³/mol. The molecule has 1 aliphatic heterocycles. The highest BCUT2D eigenvalue weighted by molar-refractivity contribution is 9.10. The number of fused-ring (bicyclic) bond motifs is 1. The molecule has 0 saturated carbocycles. The molecule has 0 N–H and O–H groups in total. The van der Waals surface area contributed by atoms with Crippen molar-refractivity contribution in [1.82, 2.24) is 4.90 Å². The first-order valence-corrected chi connectivity index (χ1v) is 8.10. The summed E-state index contributed by atoms with van der Waals surface area (Å²) in [7, 11) is 0. The van der Waals surface area contributed by atoms with Crippen LogP contribution in [-0.4, -0.2) is 23.8 Å². The molecule has 3 heteroatoms. The van der Waals surface area contributed by atoms with Crippen LogP contribution >= 0.6 is 15.9 Å². The Labute approximate surface area is 133 Å². The molecule has 21 heavy (non-hydrogen) atoms. The van der Waals surface area contributed by atoms with Gasteiger partial charge in [-0.3, -0.25) is 9.69 Å². The van der Waals surface area contributed by atoms with E-state index < -0.39 is 0 Å². The van der Waals surface area contributed by atoms with Crippen LogP contribution in [-0.2, 0) is 13.0 Å². The third-order valence-electron chi connectivity index (χ3n) is 4.04. The highest BCUT2D eigenvalue weighted by Crippen LogP contribution is 2.20. The first-order valence-electron chi connectivity index (χ1n) is 7.31. The normalized spacial score (nSPS) is 14.7. The molecule has 0 bridgehead atoms. The van der Waals surface area contributed by atoms with Crippen molar-refractivity contribution in [3.8, 4) is 0 Å². The Morgan fingerprint density at radius 2 is 1.76 bits per heavy atom. The average Bonchev–Trinajstić information content (AvgIpc) is 2.53. The fraction of sp³-hybridized carbons (Fsp3) is 0.278. The molecule has 0 aromatic heterocycles. The van der Waals surface area contributed by atoms with Crippen molar-refractivity contribution in [3.63, 3.8) is 0 Å². The van der Waals surface area contributed by atoms with Crippen molar-refractivity contribution in [2.24, 2.45) is 0 Å². The van der Waals surface area contributed by atoms with E-state index in [0.29, 0.717) is 6.42 Å². The number of carbonyl (C=O) groups excluding carboxylic acids is 1. The van der Waals surface area contributed by atoms with Crippen LogP contribution in [0, 0.1) is 0 Å². The van der Waals surface area contributed by atoms with Gasteiger partial charge in [0.2, 0.25) is 0 Å². The Morgan fingerprint density at radius 3 is 2.57 bits per heavy atom. The lowest BCUT2D eigenvalue weighted by Gasteiger charge is -2.28. The van der Waals surface area contributed by atoms with Gasteiger partial charge < -0.3 is 0 Å². The number of hydrogen-bond acceptors (Lipinski definition) is 2. The fourth-order valence-corrected chi connectivity index (χ4v) is 3.33. The molecular weight excluding hydrogens is 326 g/mol. The fourth-order valence-electron chi connectivity index (χ4n) is 2.83. The SMILES string of the molecule is O=C(CCN1CCc2ccccc2C1)c1ccccc1Br. The third kappa shape index (κ3) is 3.42. The van der Waals surface area contributed by atoms with E-state index in [0.717, 1.165) is 36.1 Å². The third-order valence-corrected chi connectivity index (χ3v) is 4.73. The van der Waals surface area contributed by atoms with E-state index in [1.54, 1.807) is 0 Å². The van der Waals surface area contributed by atoms with Gasteiger partial charge in [0.25, 0.3) is 0 Å². The van der Waals surface area contributed by atoms with Crippen molar-refractivity contribution in [2.75, 3.05) is 13.1 Å². The maximum Gasteiger partial charge on any atom is 0.165 e. The van der Waals surface area contributed by atoms with E-state index in [9.17, 15) is 4.79 Å². The molecule has 0 aliphatic carbocycles. The van der Waals surface area contributed by atoms with Gasteiger partial charge in [0, 0.05) is 36.1 Å². The molecule has 108 valence electrons. The van der Waals surface area contributed by atoms with Crippen molar-refractivity contribution in [2.45, 2.75) is 19.4 Å². The summed E-state index contributed by atoms with van der Waals surface area (Å²) >= 11 is 3.45. The van der Waals surface area contributed by atoms with Gasteiger partial charge in [-0.25, -0.2) is 0 Å². The Kier molecular flexibility index (Phi) is 4.51. The smallest absolute Gasteiger partial charge is 0.165 e. The molecular formula is C18H18BrNO.